The SMILES string of the molecule is COc1ncnc(Nc2ccccc2CCl)c1C. The van der Waals surface area contributed by atoms with Crippen LogP contribution in [-0.4, -0.2) is 17.1 Å². The number of para-hydroxylation sites is 1. The lowest BCUT2D eigenvalue weighted by atomic mass is 10.2. The second kappa shape index (κ2) is 5.69. The molecule has 0 amide bonds. The van der Waals surface area contributed by atoms with E-state index in [4.69, 9.17) is 16.3 Å². The van der Waals surface area contributed by atoms with Crippen molar-refractivity contribution in [3.63, 3.8) is 0 Å². The Kier molecular flexibility index (Phi) is 3.99. The molecule has 94 valence electrons. The molecule has 0 aliphatic rings. The van der Waals surface area contributed by atoms with Gasteiger partial charge in [-0.1, -0.05) is 18.2 Å². The molecule has 0 spiro atoms. The molecule has 1 N–H and O–H groups in total. The van der Waals surface area contributed by atoms with Crippen molar-refractivity contribution < 1.29 is 4.74 Å². The maximum Gasteiger partial charge on any atom is 0.221 e. The van der Waals surface area contributed by atoms with E-state index in [9.17, 15) is 0 Å². The molecular formula is C13H14ClN3O. The lowest BCUT2D eigenvalue weighted by molar-refractivity contribution is 0.394. The summed E-state index contributed by atoms with van der Waals surface area (Å²) in [5, 5.41) is 3.25. The molecule has 0 atom stereocenters. The molecule has 0 unspecified atom stereocenters. The maximum atomic E-state index is 5.90. The van der Waals surface area contributed by atoms with Gasteiger partial charge in [-0.3, -0.25) is 0 Å². The first kappa shape index (κ1) is 12.6. The normalized spacial score (nSPS) is 10.2. The van der Waals surface area contributed by atoms with E-state index < -0.39 is 0 Å². The fourth-order valence-corrected chi connectivity index (χ4v) is 1.89. The van der Waals surface area contributed by atoms with Crippen molar-refractivity contribution >= 4 is 23.1 Å². The lowest BCUT2D eigenvalue weighted by Crippen LogP contribution is -2.02. The minimum Gasteiger partial charge on any atom is -0.481 e. The Labute approximate surface area is 111 Å². The number of benzene rings is 1. The van der Waals surface area contributed by atoms with Crippen LogP contribution in [0, 0.1) is 6.92 Å². The van der Waals surface area contributed by atoms with E-state index in [1.54, 1.807) is 7.11 Å². The molecular weight excluding hydrogens is 250 g/mol. The van der Waals surface area contributed by atoms with Crippen LogP contribution in [0.25, 0.3) is 0 Å². The molecule has 0 saturated heterocycles. The standard InChI is InChI=1S/C13H14ClN3O/c1-9-12(15-8-16-13(9)18-2)17-11-6-4-3-5-10(11)7-14/h3-6,8H,7H2,1-2H3,(H,15,16,17). The molecule has 0 bridgehead atoms. The molecule has 1 aromatic heterocycles. The Morgan fingerprint density at radius 1 is 1.28 bits per heavy atom. The van der Waals surface area contributed by atoms with Gasteiger partial charge in [0, 0.05) is 11.6 Å². The number of rotatable bonds is 4. The van der Waals surface area contributed by atoms with E-state index in [0.717, 1.165) is 22.6 Å². The van der Waals surface area contributed by atoms with Crippen molar-refractivity contribution in [3.05, 3.63) is 41.7 Å². The first-order valence-corrected chi connectivity index (χ1v) is 6.06. The van der Waals surface area contributed by atoms with Gasteiger partial charge in [-0.2, -0.15) is 0 Å². The van der Waals surface area contributed by atoms with Crippen molar-refractivity contribution in [2.24, 2.45) is 0 Å². The van der Waals surface area contributed by atoms with Crippen molar-refractivity contribution in [1.29, 1.82) is 0 Å². The number of halogens is 1. The molecule has 1 aromatic carbocycles. The number of nitrogens with one attached hydrogen (secondary N) is 1. The second-order valence-electron chi connectivity index (χ2n) is 3.77. The van der Waals surface area contributed by atoms with Crippen LogP contribution in [-0.2, 0) is 5.88 Å². The number of hydrogen-bond donors (Lipinski definition) is 1. The monoisotopic (exact) mass is 263 g/mol. The van der Waals surface area contributed by atoms with Gasteiger partial charge in [0.15, 0.2) is 0 Å². The van der Waals surface area contributed by atoms with Gasteiger partial charge in [0.05, 0.1) is 12.7 Å². The Hall–Kier alpha value is -1.81. The van der Waals surface area contributed by atoms with Gasteiger partial charge in [0.2, 0.25) is 5.88 Å². The summed E-state index contributed by atoms with van der Waals surface area (Å²) < 4.78 is 5.16. The summed E-state index contributed by atoms with van der Waals surface area (Å²) in [4.78, 5) is 8.25. The van der Waals surface area contributed by atoms with Crippen LogP contribution in [0.15, 0.2) is 30.6 Å². The summed E-state index contributed by atoms with van der Waals surface area (Å²) in [5.74, 6) is 1.74. The zero-order valence-corrected chi connectivity index (χ0v) is 11.0. The molecule has 2 aromatic rings. The number of ether oxygens (including phenoxy) is 1. The van der Waals surface area contributed by atoms with Crippen LogP contribution < -0.4 is 10.1 Å². The van der Waals surface area contributed by atoms with Gasteiger partial charge in [-0.25, -0.2) is 9.97 Å². The first-order valence-electron chi connectivity index (χ1n) is 5.52. The lowest BCUT2D eigenvalue weighted by Gasteiger charge is -2.12. The Morgan fingerprint density at radius 2 is 2.06 bits per heavy atom. The summed E-state index contributed by atoms with van der Waals surface area (Å²) in [5.41, 5.74) is 2.83. The summed E-state index contributed by atoms with van der Waals surface area (Å²) in [7, 11) is 1.59. The van der Waals surface area contributed by atoms with Crippen LogP contribution in [0.5, 0.6) is 5.88 Å². The summed E-state index contributed by atoms with van der Waals surface area (Å²) in [6.07, 6.45) is 1.47. The predicted octanol–water partition coefficient (Wildman–Crippen LogP) is 3.28. The highest BCUT2D eigenvalue weighted by atomic mass is 35.5. The third kappa shape index (κ3) is 2.54. The Morgan fingerprint density at radius 3 is 2.78 bits per heavy atom. The predicted molar refractivity (Wildman–Crippen MR) is 72.6 cm³/mol. The zero-order valence-electron chi connectivity index (χ0n) is 10.3. The van der Waals surface area contributed by atoms with E-state index >= 15 is 0 Å². The first-order chi connectivity index (χ1) is 8.76. The second-order valence-corrected chi connectivity index (χ2v) is 4.04. The van der Waals surface area contributed by atoms with Crippen molar-refractivity contribution in [2.45, 2.75) is 12.8 Å². The van der Waals surface area contributed by atoms with Crippen LogP contribution in [0.3, 0.4) is 0 Å². The summed E-state index contributed by atoms with van der Waals surface area (Å²) in [6, 6.07) is 7.84. The number of anilines is 2. The van der Waals surface area contributed by atoms with Gasteiger partial charge in [0.1, 0.15) is 12.1 Å². The number of aromatic nitrogens is 2. The molecule has 0 radical (unpaired) electrons. The number of alkyl halides is 1. The van der Waals surface area contributed by atoms with Crippen molar-refractivity contribution in [2.75, 3.05) is 12.4 Å². The minimum absolute atomic E-state index is 0.449. The average Bonchev–Trinajstić information content (AvgIpc) is 2.42. The Bertz CT molecular complexity index is 546. The van der Waals surface area contributed by atoms with Crippen LogP contribution in [0.2, 0.25) is 0 Å². The molecule has 18 heavy (non-hydrogen) atoms. The number of methoxy groups -OCH3 is 1. The van der Waals surface area contributed by atoms with E-state index in [1.165, 1.54) is 6.33 Å². The maximum absolute atomic E-state index is 5.90. The highest BCUT2D eigenvalue weighted by Gasteiger charge is 2.08. The van der Waals surface area contributed by atoms with Crippen molar-refractivity contribution in [3.8, 4) is 5.88 Å². The smallest absolute Gasteiger partial charge is 0.221 e. The minimum atomic E-state index is 0.449. The highest BCUT2D eigenvalue weighted by molar-refractivity contribution is 6.17. The Balaban J connectivity index is 2.34. The number of nitrogens with zero attached hydrogens (tertiary/aromatic N) is 2. The molecule has 2 rings (SSSR count). The van der Waals surface area contributed by atoms with Gasteiger partial charge in [0.25, 0.3) is 0 Å². The van der Waals surface area contributed by atoms with Gasteiger partial charge >= 0.3 is 0 Å². The van der Waals surface area contributed by atoms with Gasteiger partial charge < -0.3 is 10.1 Å². The van der Waals surface area contributed by atoms with E-state index in [1.807, 2.05) is 31.2 Å². The summed E-state index contributed by atoms with van der Waals surface area (Å²) >= 11 is 5.90. The van der Waals surface area contributed by atoms with Crippen LogP contribution in [0.4, 0.5) is 11.5 Å². The third-order valence-corrected chi connectivity index (χ3v) is 2.93. The van der Waals surface area contributed by atoms with E-state index in [0.29, 0.717) is 11.8 Å². The third-order valence-electron chi connectivity index (χ3n) is 2.65. The van der Waals surface area contributed by atoms with Gasteiger partial charge in [-0.05, 0) is 18.6 Å². The molecule has 4 nitrogen and oxygen atoms in total. The average molecular weight is 264 g/mol. The molecule has 0 aliphatic heterocycles. The van der Waals surface area contributed by atoms with E-state index in [2.05, 4.69) is 15.3 Å². The quantitative estimate of drug-likeness (QED) is 0.860. The summed E-state index contributed by atoms with van der Waals surface area (Å²) in [6.45, 7) is 1.91. The molecule has 0 aliphatic carbocycles. The fraction of sp³-hybridized carbons (Fsp3) is 0.231. The molecule has 0 saturated carbocycles. The molecule has 0 fully saturated rings. The van der Waals surface area contributed by atoms with Crippen LogP contribution >= 0.6 is 11.6 Å². The van der Waals surface area contributed by atoms with E-state index in [-0.39, 0.29) is 0 Å². The van der Waals surface area contributed by atoms with Crippen LogP contribution in [0.1, 0.15) is 11.1 Å². The molecule has 5 heteroatoms. The highest BCUT2D eigenvalue weighted by Crippen LogP contribution is 2.26. The topological polar surface area (TPSA) is 47.0 Å². The zero-order chi connectivity index (χ0) is 13.0. The number of hydrogen-bond acceptors (Lipinski definition) is 4. The van der Waals surface area contributed by atoms with Crippen molar-refractivity contribution in [1.82, 2.24) is 9.97 Å². The van der Waals surface area contributed by atoms with Gasteiger partial charge in [-0.15, -0.1) is 11.6 Å². The fourth-order valence-electron chi connectivity index (χ4n) is 1.65. The molecule has 1 heterocycles. The largest absolute Gasteiger partial charge is 0.481 e.